The van der Waals surface area contributed by atoms with Gasteiger partial charge < -0.3 is 28.5 Å². The average Bonchev–Trinajstić information content (AvgIpc) is 3.43. The molecule has 0 radical (unpaired) electrons. The summed E-state index contributed by atoms with van der Waals surface area (Å²) in [6, 6.07) is 7.64. The van der Waals surface area contributed by atoms with Crippen LogP contribution < -0.4 is 0 Å². The number of carbonyl (C=O) groups is 6. The monoisotopic (exact) mass is 599 g/mol. The summed E-state index contributed by atoms with van der Waals surface area (Å²) in [5, 5.41) is 18.5. The van der Waals surface area contributed by atoms with Gasteiger partial charge in [0.1, 0.15) is 18.1 Å². The highest BCUT2D eigenvalue weighted by Gasteiger charge is 2.41. The number of nitrogens with zero attached hydrogens (tertiary/aromatic N) is 3. The topological polar surface area (TPSA) is 202 Å². The maximum Gasteiger partial charge on any atom is 0.303 e. The molecule has 2 aromatic heterocycles. The second kappa shape index (κ2) is 13.5. The van der Waals surface area contributed by atoms with Gasteiger partial charge in [-0.25, -0.2) is 4.57 Å². The fourth-order valence-electron chi connectivity index (χ4n) is 4.23. The average molecular weight is 600 g/mol. The Morgan fingerprint density at radius 3 is 2.12 bits per heavy atom. The fraction of sp³-hybridized carbons (Fsp3) is 0.357. The lowest BCUT2D eigenvalue weighted by Gasteiger charge is -2.30. The van der Waals surface area contributed by atoms with Crippen molar-refractivity contribution in [2.45, 2.75) is 59.9 Å². The number of aryl methyl sites for hydroxylation is 1. The molecule has 43 heavy (non-hydrogen) atoms. The number of rotatable bonds is 10. The number of furan rings is 1. The van der Waals surface area contributed by atoms with Gasteiger partial charge in [-0.1, -0.05) is 18.2 Å². The summed E-state index contributed by atoms with van der Waals surface area (Å²) >= 11 is 0. The van der Waals surface area contributed by atoms with Gasteiger partial charge in [-0.3, -0.25) is 28.8 Å². The van der Waals surface area contributed by atoms with Crippen LogP contribution in [0.15, 0.2) is 45.0 Å². The molecule has 15 heteroatoms. The summed E-state index contributed by atoms with van der Waals surface area (Å²) in [7, 11) is 0. The minimum absolute atomic E-state index is 0.00270. The van der Waals surface area contributed by atoms with Crippen molar-refractivity contribution in [1.29, 1.82) is 0 Å². The molecule has 0 aliphatic heterocycles. The molecule has 0 saturated carbocycles. The summed E-state index contributed by atoms with van der Waals surface area (Å²) in [5.74, 6) is -5.41. The first-order valence-electron chi connectivity index (χ1n) is 12.8. The molecule has 228 valence electrons. The number of fused-ring (bicyclic) bond motifs is 1. The first-order chi connectivity index (χ1) is 20.2. The van der Waals surface area contributed by atoms with Crippen LogP contribution in [0, 0.1) is 6.92 Å². The molecular weight excluding hydrogens is 570 g/mol. The summed E-state index contributed by atoms with van der Waals surface area (Å²) in [6.07, 6.45) is -4.59. The van der Waals surface area contributed by atoms with Gasteiger partial charge >= 0.3 is 23.9 Å². The van der Waals surface area contributed by atoms with E-state index in [0.29, 0.717) is 10.9 Å². The maximum absolute atomic E-state index is 13.1. The van der Waals surface area contributed by atoms with Gasteiger partial charge in [0, 0.05) is 40.0 Å². The first kappa shape index (κ1) is 32.2. The van der Waals surface area contributed by atoms with Crippen molar-refractivity contribution in [1.82, 2.24) is 4.57 Å². The van der Waals surface area contributed by atoms with Crippen LogP contribution in [0.1, 0.15) is 67.4 Å². The van der Waals surface area contributed by atoms with Crippen LogP contribution in [0.2, 0.25) is 0 Å². The quantitative estimate of drug-likeness (QED) is 0.200. The van der Waals surface area contributed by atoms with Crippen LogP contribution in [-0.2, 0) is 38.1 Å². The van der Waals surface area contributed by atoms with E-state index in [4.69, 9.17) is 23.4 Å². The van der Waals surface area contributed by atoms with Crippen molar-refractivity contribution in [3.05, 3.63) is 47.4 Å². The van der Waals surface area contributed by atoms with E-state index in [0.717, 1.165) is 38.3 Å². The SMILES string of the molecule is CC(=O)OC[C@@H](OC(C)=O)[C@H](OC(C)=O)[C@H](OC(C)=O)c1cc(C(=O)N=Nc2c(O)n(C(C)=O)c3ccccc23)c(C)o1. The highest BCUT2D eigenvalue weighted by atomic mass is 16.6. The van der Waals surface area contributed by atoms with E-state index in [9.17, 15) is 33.9 Å². The van der Waals surface area contributed by atoms with Crippen LogP contribution in [0.4, 0.5) is 5.69 Å². The molecule has 15 nitrogen and oxygen atoms in total. The van der Waals surface area contributed by atoms with E-state index in [1.807, 2.05) is 0 Å². The number of ether oxygens (including phenoxy) is 4. The van der Waals surface area contributed by atoms with Gasteiger partial charge in [-0.15, -0.1) is 10.2 Å². The minimum atomic E-state index is -1.57. The van der Waals surface area contributed by atoms with Gasteiger partial charge in [0.2, 0.25) is 11.8 Å². The third kappa shape index (κ3) is 7.69. The minimum Gasteiger partial charge on any atom is -0.493 e. The van der Waals surface area contributed by atoms with Crippen molar-refractivity contribution in [3.8, 4) is 5.88 Å². The number of azo groups is 1. The van der Waals surface area contributed by atoms with E-state index < -0.39 is 66.5 Å². The molecule has 0 aliphatic carbocycles. The van der Waals surface area contributed by atoms with E-state index in [1.165, 1.54) is 13.8 Å². The van der Waals surface area contributed by atoms with Gasteiger partial charge in [0.15, 0.2) is 24.0 Å². The summed E-state index contributed by atoms with van der Waals surface area (Å²) in [6.45, 7) is 6.36. The van der Waals surface area contributed by atoms with Gasteiger partial charge in [-0.05, 0) is 19.1 Å². The van der Waals surface area contributed by atoms with Crippen LogP contribution in [0.25, 0.3) is 10.9 Å². The molecule has 3 aromatic rings. The number of aromatic hydroxyl groups is 1. The standard InChI is InChI=1S/C28H29N3O12/c1-13-20(27(37)30-29-24-19-9-7-8-10-21(19)31(14(2)32)28(24)38)11-22(40-13)25(42-17(5)35)26(43-18(6)36)23(41-16(4)34)12-39-15(3)33/h7-11,23,25-26,38H,12H2,1-6H3/t23-,25-,26+/m1/s1. The van der Waals surface area contributed by atoms with Crippen molar-refractivity contribution in [2.75, 3.05) is 6.61 Å². The predicted octanol–water partition coefficient (Wildman–Crippen LogP) is 3.86. The zero-order chi connectivity index (χ0) is 32.0. The van der Waals surface area contributed by atoms with E-state index >= 15 is 0 Å². The Hall–Kier alpha value is -5.34. The van der Waals surface area contributed by atoms with E-state index in [2.05, 4.69) is 10.2 Å². The zero-order valence-corrected chi connectivity index (χ0v) is 24.1. The van der Waals surface area contributed by atoms with Crippen molar-refractivity contribution >= 4 is 52.3 Å². The van der Waals surface area contributed by atoms with Crippen molar-refractivity contribution in [2.24, 2.45) is 10.2 Å². The van der Waals surface area contributed by atoms with Crippen LogP contribution >= 0.6 is 0 Å². The number of hydrogen-bond acceptors (Lipinski definition) is 13. The first-order valence-corrected chi connectivity index (χ1v) is 12.8. The Bertz CT molecular complexity index is 1620. The molecule has 0 fully saturated rings. The highest BCUT2D eigenvalue weighted by Crippen LogP contribution is 2.39. The molecule has 0 spiro atoms. The number of amides is 1. The number of carbonyl (C=O) groups excluding carboxylic acids is 6. The Balaban J connectivity index is 2.03. The van der Waals surface area contributed by atoms with Gasteiger partial charge in [0.25, 0.3) is 5.91 Å². The molecule has 3 rings (SSSR count). The van der Waals surface area contributed by atoms with Crippen molar-refractivity contribution in [3.63, 3.8) is 0 Å². The smallest absolute Gasteiger partial charge is 0.303 e. The fourth-order valence-corrected chi connectivity index (χ4v) is 4.23. The summed E-state index contributed by atoms with van der Waals surface area (Å²) in [4.78, 5) is 72.5. The summed E-state index contributed by atoms with van der Waals surface area (Å²) in [5.41, 5.74) is 0.0896. The number of hydrogen-bond donors (Lipinski definition) is 1. The number of para-hydroxylation sites is 1. The predicted molar refractivity (Wildman–Crippen MR) is 144 cm³/mol. The number of benzene rings is 1. The lowest BCUT2D eigenvalue weighted by molar-refractivity contribution is -0.191. The Kier molecular flexibility index (Phi) is 10.1. The van der Waals surface area contributed by atoms with Crippen LogP contribution in [0.3, 0.4) is 0 Å². The van der Waals surface area contributed by atoms with E-state index in [1.54, 1.807) is 24.3 Å². The molecule has 0 saturated heterocycles. The maximum atomic E-state index is 13.1. The molecule has 1 amide bonds. The largest absolute Gasteiger partial charge is 0.493 e. The van der Waals surface area contributed by atoms with Gasteiger partial charge in [0.05, 0.1) is 11.1 Å². The molecule has 0 unspecified atom stereocenters. The number of aromatic nitrogens is 1. The van der Waals surface area contributed by atoms with E-state index in [-0.39, 0.29) is 22.8 Å². The molecule has 0 bridgehead atoms. The third-order valence-corrected chi connectivity index (χ3v) is 5.86. The Morgan fingerprint density at radius 2 is 1.53 bits per heavy atom. The lowest BCUT2D eigenvalue weighted by Crippen LogP contribution is -2.43. The normalized spacial score (nSPS) is 13.3. The van der Waals surface area contributed by atoms with Crippen LogP contribution in [-0.4, -0.2) is 64.2 Å². The summed E-state index contributed by atoms with van der Waals surface area (Å²) < 4.78 is 27.6. The van der Waals surface area contributed by atoms with Gasteiger partial charge in [-0.2, -0.15) is 0 Å². The lowest BCUT2D eigenvalue weighted by atomic mass is 10.0. The third-order valence-electron chi connectivity index (χ3n) is 5.86. The molecule has 1 aromatic carbocycles. The zero-order valence-electron chi connectivity index (χ0n) is 24.1. The van der Waals surface area contributed by atoms with Crippen molar-refractivity contribution < 1.29 is 57.2 Å². The van der Waals surface area contributed by atoms with Crippen LogP contribution in [0.5, 0.6) is 5.88 Å². The number of esters is 4. The Labute approximate surface area is 244 Å². The second-order valence-electron chi connectivity index (χ2n) is 9.22. The molecule has 0 aliphatic rings. The molecule has 2 heterocycles. The molecule has 1 N–H and O–H groups in total. The second-order valence-corrected chi connectivity index (χ2v) is 9.22. The molecular formula is C28H29N3O12. The highest BCUT2D eigenvalue weighted by molar-refractivity contribution is 6.02. The molecule has 3 atom stereocenters. The Morgan fingerprint density at radius 1 is 0.907 bits per heavy atom.